The molecule has 1 saturated heterocycles. The number of para-hydroxylation sites is 1. The summed E-state index contributed by atoms with van der Waals surface area (Å²) in [6, 6.07) is 8.53. The second-order valence-electron chi connectivity index (χ2n) is 6.23. The van der Waals surface area contributed by atoms with Crippen molar-refractivity contribution in [2.24, 2.45) is 0 Å². The van der Waals surface area contributed by atoms with E-state index in [0.717, 1.165) is 12.8 Å². The largest absolute Gasteiger partial charge is 0.490 e. The van der Waals surface area contributed by atoms with Crippen molar-refractivity contribution < 1.29 is 19.1 Å². The molecule has 26 heavy (non-hydrogen) atoms. The van der Waals surface area contributed by atoms with E-state index >= 15 is 0 Å². The lowest BCUT2D eigenvalue weighted by atomic mass is 10.1. The fraction of sp³-hybridized carbons (Fsp3) is 0.368. The van der Waals surface area contributed by atoms with Crippen LogP contribution < -0.4 is 15.5 Å². The van der Waals surface area contributed by atoms with Crippen molar-refractivity contribution in [3.8, 4) is 5.75 Å². The summed E-state index contributed by atoms with van der Waals surface area (Å²) < 4.78 is 10.3. The first kappa shape index (κ1) is 18.0. The predicted octanol–water partition coefficient (Wildman–Crippen LogP) is 1.86. The summed E-state index contributed by atoms with van der Waals surface area (Å²) in [4.78, 5) is 26.3. The highest BCUT2D eigenvalue weighted by Crippen LogP contribution is 2.21. The number of nitrogens with one attached hydrogen (secondary N) is 1. The maximum atomic E-state index is 12.8. The van der Waals surface area contributed by atoms with Crippen molar-refractivity contribution in [1.82, 2.24) is 4.90 Å². The third kappa shape index (κ3) is 4.05. The van der Waals surface area contributed by atoms with E-state index in [9.17, 15) is 14.7 Å². The molecule has 3 rings (SSSR count). The molecule has 2 N–H and O–H groups in total. The number of hydrogen-bond acceptors (Lipinski definition) is 6. The zero-order chi connectivity index (χ0) is 18.5. The van der Waals surface area contributed by atoms with Crippen molar-refractivity contribution in [3.63, 3.8) is 0 Å². The minimum absolute atomic E-state index is 0.122. The third-order valence-electron chi connectivity index (χ3n) is 4.37. The van der Waals surface area contributed by atoms with Gasteiger partial charge in [0.25, 0.3) is 5.91 Å². The molecule has 1 atom stereocenters. The normalized spacial score (nSPS) is 17.0. The number of carbonyl (C=O) groups is 1. The van der Waals surface area contributed by atoms with Crippen LogP contribution in [0.2, 0.25) is 0 Å². The first-order valence-corrected chi connectivity index (χ1v) is 8.54. The number of carbonyl (C=O) groups excluding carboxylic acids is 1. The van der Waals surface area contributed by atoms with Crippen molar-refractivity contribution in [1.29, 1.82) is 0 Å². The molecule has 7 nitrogen and oxygen atoms in total. The number of nitrogens with zero attached hydrogens (tertiary/aromatic N) is 1. The number of anilines is 1. The fourth-order valence-corrected chi connectivity index (χ4v) is 3.00. The molecule has 1 aromatic carbocycles. The summed E-state index contributed by atoms with van der Waals surface area (Å²) in [5, 5.41) is 12.9. The van der Waals surface area contributed by atoms with Crippen LogP contribution in [-0.4, -0.2) is 42.2 Å². The average molecular weight is 358 g/mol. The van der Waals surface area contributed by atoms with Crippen LogP contribution in [0.3, 0.4) is 0 Å². The molecular weight excluding hydrogens is 336 g/mol. The number of ether oxygens (including phenoxy) is 1. The van der Waals surface area contributed by atoms with E-state index in [2.05, 4.69) is 5.32 Å². The van der Waals surface area contributed by atoms with Gasteiger partial charge in [-0.25, -0.2) is 0 Å². The van der Waals surface area contributed by atoms with E-state index in [0.29, 0.717) is 30.1 Å². The second kappa shape index (κ2) is 8.05. The molecule has 0 aliphatic carbocycles. The number of benzene rings is 1. The first-order chi connectivity index (χ1) is 12.6. The molecule has 0 saturated carbocycles. The van der Waals surface area contributed by atoms with Gasteiger partial charge < -0.3 is 24.5 Å². The smallest absolute Gasteiger partial charge is 0.256 e. The molecule has 1 amide bonds. The summed E-state index contributed by atoms with van der Waals surface area (Å²) >= 11 is 0. The van der Waals surface area contributed by atoms with Gasteiger partial charge >= 0.3 is 0 Å². The Bertz CT molecular complexity index is 833. The van der Waals surface area contributed by atoms with E-state index in [4.69, 9.17) is 9.15 Å². The highest BCUT2D eigenvalue weighted by Gasteiger charge is 2.24. The monoisotopic (exact) mass is 358 g/mol. The van der Waals surface area contributed by atoms with Gasteiger partial charge in [0.2, 0.25) is 11.2 Å². The molecule has 1 aromatic heterocycles. The summed E-state index contributed by atoms with van der Waals surface area (Å²) in [6.07, 6.45) is 2.31. The van der Waals surface area contributed by atoms with Crippen LogP contribution >= 0.6 is 0 Å². The highest BCUT2D eigenvalue weighted by atomic mass is 16.5. The molecule has 7 heteroatoms. The lowest BCUT2D eigenvalue weighted by Gasteiger charge is -2.30. The second-order valence-corrected chi connectivity index (χ2v) is 6.23. The molecule has 2 aromatic rings. The van der Waals surface area contributed by atoms with Gasteiger partial charge in [-0.3, -0.25) is 9.59 Å². The Labute approximate surface area is 151 Å². The molecule has 1 aliphatic rings. The molecule has 0 spiro atoms. The van der Waals surface area contributed by atoms with Gasteiger partial charge in [0.05, 0.1) is 25.3 Å². The quantitative estimate of drug-likeness (QED) is 0.848. The fourth-order valence-electron chi connectivity index (χ4n) is 3.00. The van der Waals surface area contributed by atoms with Crippen molar-refractivity contribution >= 4 is 11.6 Å². The van der Waals surface area contributed by atoms with Crippen molar-refractivity contribution in [3.05, 3.63) is 58.1 Å². The molecule has 1 aliphatic heterocycles. The summed E-state index contributed by atoms with van der Waals surface area (Å²) in [7, 11) is 1.41. The Morgan fingerprint density at radius 1 is 1.42 bits per heavy atom. The maximum absolute atomic E-state index is 12.8. The number of rotatable bonds is 5. The molecule has 1 fully saturated rings. The average Bonchev–Trinajstić information content (AvgIpc) is 2.66. The number of amides is 1. The van der Waals surface area contributed by atoms with E-state index in [1.54, 1.807) is 23.1 Å². The van der Waals surface area contributed by atoms with E-state index in [-0.39, 0.29) is 23.6 Å². The van der Waals surface area contributed by atoms with Gasteiger partial charge in [-0.2, -0.15) is 0 Å². The first-order valence-electron chi connectivity index (χ1n) is 8.54. The Morgan fingerprint density at radius 3 is 2.96 bits per heavy atom. The lowest BCUT2D eigenvalue weighted by molar-refractivity contribution is 0.0474. The van der Waals surface area contributed by atoms with Gasteiger partial charge in [0, 0.05) is 24.8 Å². The van der Waals surface area contributed by atoms with Crippen LogP contribution in [0.15, 0.2) is 45.8 Å². The minimum Gasteiger partial charge on any atom is -0.490 e. The number of methoxy groups -OCH3 is 1. The number of aliphatic hydroxyl groups excluding tert-OH is 1. The van der Waals surface area contributed by atoms with Gasteiger partial charge in [-0.15, -0.1) is 0 Å². The van der Waals surface area contributed by atoms with Gasteiger partial charge in [0.15, 0.2) is 0 Å². The van der Waals surface area contributed by atoms with E-state index < -0.39 is 6.10 Å². The number of hydrogen-bond donors (Lipinski definition) is 2. The topological polar surface area (TPSA) is 92.0 Å². The van der Waals surface area contributed by atoms with Crippen molar-refractivity contribution in [2.75, 3.05) is 25.5 Å². The molecule has 0 radical (unpaired) electrons. The van der Waals surface area contributed by atoms with Gasteiger partial charge in [-0.1, -0.05) is 12.1 Å². The summed E-state index contributed by atoms with van der Waals surface area (Å²) in [5.74, 6) is 0.461. The third-order valence-corrected chi connectivity index (χ3v) is 4.37. The van der Waals surface area contributed by atoms with Crippen LogP contribution in [0, 0.1) is 0 Å². The maximum Gasteiger partial charge on any atom is 0.256 e. The lowest BCUT2D eigenvalue weighted by Crippen LogP contribution is -2.42. The Morgan fingerprint density at radius 2 is 2.23 bits per heavy atom. The van der Waals surface area contributed by atoms with Crippen LogP contribution in [0.4, 0.5) is 5.69 Å². The SMILES string of the molecule is COc1coc(CNc2ccccc2C(=O)N2CCC[C@H](O)C2)cc1=O. The van der Waals surface area contributed by atoms with Crippen LogP contribution in [-0.2, 0) is 6.54 Å². The van der Waals surface area contributed by atoms with Crippen LogP contribution in [0.1, 0.15) is 29.0 Å². The van der Waals surface area contributed by atoms with Crippen LogP contribution in [0.5, 0.6) is 5.75 Å². The van der Waals surface area contributed by atoms with E-state index in [1.807, 2.05) is 6.07 Å². The molecule has 0 unspecified atom stereocenters. The molecular formula is C19H22N2O5. The standard InChI is InChI=1S/C19H22N2O5/c1-25-18-12-26-14(9-17(18)23)10-20-16-7-3-2-6-15(16)19(24)21-8-4-5-13(22)11-21/h2-3,6-7,9,12-13,20,22H,4-5,8,10-11H2,1H3/t13-/m0/s1. The van der Waals surface area contributed by atoms with Gasteiger partial charge in [0.1, 0.15) is 12.0 Å². The van der Waals surface area contributed by atoms with Crippen molar-refractivity contribution in [2.45, 2.75) is 25.5 Å². The Kier molecular flexibility index (Phi) is 5.58. The highest BCUT2D eigenvalue weighted by molar-refractivity contribution is 5.99. The van der Waals surface area contributed by atoms with Crippen LogP contribution in [0.25, 0.3) is 0 Å². The minimum atomic E-state index is -0.471. The number of piperidine rings is 1. The Balaban J connectivity index is 1.74. The zero-order valence-corrected chi connectivity index (χ0v) is 14.6. The zero-order valence-electron chi connectivity index (χ0n) is 14.6. The molecule has 0 bridgehead atoms. The number of aliphatic hydroxyl groups is 1. The molecule has 138 valence electrons. The predicted molar refractivity (Wildman–Crippen MR) is 96.4 cm³/mol. The number of likely N-dealkylation sites (tertiary alicyclic amines) is 1. The van der Waals surface area contributed by atoms with E-state index in [1.165, 1.54) is 19.4 Å². The molecule has 2 heterocycles. The summed E-state index contributed by atoms with van der Waals surface area (Å²) in [5.41, 5.74) is 0.913. The summed E-state index contributed by atoms with van der Waals surface area (Å²) in [6.45, 7) is 1.24. The number of β-amino-alcohol motifs (C(OH)–C–C–N with tert-alkyl or cyclic N) is 1. The van der Waals surface area contributed by atoms with Gasteiger partial charge in [-0.05, 0) is 25.0 Å². The Hall–Kier alpha value is -2.80.